The maximum atomic E-state index is 4.70. The van der Waals surface area contributed by atoms with E-state index < -0.39 is 0 Å². The van der Waals surface area contributed by atoms with Crippen molar-refractivity contribution in [3.8, 4) is 0 Å². The Bertz CT molecular complexity index is 681. The summed E-state index contributed by atoms with van der Waals surface area (Å²) in [5, 5.41) is 0. The van der Waals surface area contributed by atoms with Crippen molar-refractivity contribution in [1.82, 2.24) is 0 Å². The lowest BCUT2D eigenvalue weighted by atomic mass is 9.98. The second kappa shape index (κ2) is 6.69. The van der Waals surface area contributed by atoms with Crippen molar-refractivity contribution < 1.29 is 0 Å². The minimum Gasteiger partial charge on any atom is -0.260 e. The minimum absolute atomic E-state index is 0.675. The number of hydrogen-bond donors (Lipinski definition) is 0. The molecule has 0 saturated heterocycles. The summed E-state index contributed by atoms with van der Waals surface area (Å²) in [5.74, 6) is 1.59. The predicted octanol–water partition coefficient (Wildman–Crippen LogP) is 4.52. The Labute approximate surface area is 132 Å². The number of rotatable bonds is 5. The maximum absolute atomic E-state index is 4.70. The summed E-state index contributed by atoms with van der Waals surface area (Å²) >= 11 is 0. The van der Waals surface area contributed by atoms with Crippen LogP contribution in [0.1, 0.15) is 37.0 Å². The van der Waals surface area contributed by atoms with Gasteiger partial charge >= 0.3 is 0 Å². The van der Waals surface area contributed by atoms with Crippen LogP contribution in [0.3, 0.4) is 0 Å². The van der Waals surface area contributed by atoms with E-state index in [1.165, 1.54) is 12.0 Å². The van der Waals surface area contributed by atoms with Crippen molar-refractivity contribution in [2.45, 2.75) is 26.7 Å². The molecule has 0 N–H and O–H groups in total. The van der Waals surface area contributed by atoms with Crippen LogP contribution in [0.5, 0.6) is 0 Å². The van der Waals surface area contributed by atoms with Gasteiger partial charge in [0.25, 0.3) is 0 Å². The standard InChI is InChI=1S/C20H22N2/c1-3-15(2)13-16-9-11-18(12-10-16)20-21-14-19(22-20)17-7-5-4-6-8-17/h4-12,15H,3,13-14H2,1-2H3. The van der Waals surface area contributed by atoms with Crippen LogP contribution in [0.25, 0.3) is 0 Å². The van der Waals surface area contributed by atoms with Gasteiger partial charge in [-0.1, -0.05) is 74.9 Å². The van der Waals surface area contributed by atoms with E-state index in [0.29, 0.717) is 6.54 Å². The second-order valence-electron chi connectivity index (χ2n) is 5.98. The Balaban J connectivity index is 1.74. The largest absolute Gasteiger partial charge is 0.260 e. The lowest BCUT2D eigenvalue weighted by Gasteiger charge is -2.08. The summed E-state index contributed by atoms with van der Waals surface area (Å²) in [6.45, 7) is 5.21. The normalized spacial score (nSPS) is 15.4. The Morgan fingerprint density at radius 1 is 0.955 bits per heavy atom. The average molecular weight is 290 g/mol. The zero-order chi connectivity index (χ0) is 15.4. The number of amidine groups is 1. The van der Waals surface area contributed by atoms with E-state index in [1.54, 1.807) is 0 Å². The molecule has 0 aromatic heterocycles. The molecular weight excluding hydrogens is 268 g/mol. The molecule has 2 aromatic rings. The third-order valence-corrected chi connectivity index (χ3v) is 4.22. The maximum Gasteiger partial charge on any atom is 0.155 e. The first-order valence-corrected chi connectivity index (χ1v) is 8.03. The van der Waals surface area contributed by atoms with Crippen LogP contribution in [0.2, 0.25) is 0 Å². The van der Waals surface area contributed by atoms with Crippen molar-refractivity contribution >= 4 is 11.5 Å². The molecule has 0 spiro atoms. The Kier molecular flexibility index (Phi) is 4.47. The molecule has 2 nitrogen and oxygen atoms in total. The molecule has 1 atom stereocenters. The molecule has 0 amide bonds. The van der Waals surface area contributed by atoms with E-state index in [1.807, 2.05) is 18.2 Å². The first-order valence-electron chi connectivity index (χ1n) is 8.03. The fraction of sp³-hybridized carbons (Fsp3) is 0.300. The van der Waals surface area contributed by atoms with Gasteiger partial charge in [-0.25, -0.2) is 4.99 Å². The van der Waals surface area contributed by atoms with Gasteiger partial charge in [0.05, 0.1) is 12.3 Å². The highest BCUT2D eigenvalue weighted by atomic mass is 15.0. The van der Waals surface area contributed by atoms with Crippen molar-refractivity contribution in [1.29, 1.82) is 0 Å². The van der Waals surface area contributed by atoms with Crippen LogP contribution >= 0.6 is 0 Å². The summed E-state index contributed by atoms with van der Waals surface area (Å²) in [6.07, 6.45) is 2.36. The Morgan fingerprint density at radius 3 is 2.36 bits per heavy atom. The molecule has 112 valence electrons. The molecular formula is C20H22N2. The number of hydrogen-bond acceptors (Lipinski definition) is 2. The van der Waals surface area contributed by atoms with Gasteiger partial charge in [0.1, 0.15) is 0 Å². The first kappa shape index (κ1) is 14.7. The Hall–Kier alpha value is -2.22. The zero-order valence-corrected chi connectivity index (χ0v) is 13.3. The zero-order valence-electron chi connectivity index (χ0n) is 13.3. The number of nitrogens with zero attached hydrogens (tertiary/aromatic N) is 2. The second-order valence-corrected chi connectivity index (χ2v) is 5.98. The third kappa shape index (κ3) is 3.33. The monoisotopic (exact) mass is 290 g/mol. The summed E-state index contributed by atoms with van der Waals surface area (Å²) in [7, 11) is 0. The van der Waals surface area contributed by atoms with Crippen LogP contribution in [0, 0.1) is 5.92 Å². The van der Waals surface area contributed by atoms with Gasteiger partial charge in [0.15, 0.2) is 5.84 Å². The molecule has 0 saturated carbocycles. The van der Waals surface area contributed by atoms with Crippen LogP contribution in [-0.4, -0.2) is 18.1 Å². The topological polar surface area (TPSA) is 24.7 Å². The van der Waals surface area contributed by atoms with E-state index in [9.17, 15) is 0 Å². The molecule has 3 rings (SSSR count). The van der Waals surface area contributed by atoms with Gasteiger partial charge < -0.3 is 0 Å². The summed E-state index contributed by atoms with van der Waals surface area (Å²) in [6, 6.07) is 19.0. The van der Waals surface area contributed by atoms with Crippen molar-refractivity contribution in [2.75, 3.05) is 6.54 Å². The molecule has 0 bridgehead atoms. The van der Waals surface area contributed by atoms with E-state index in [-0.39, 0.29) is 0 Å². The summed E-state index contributed by atoms with van der Waals surface area (Å²) in [5.41, 5.74) is 4.72. The average Bonchev–Trinajstić information content (AvgIpc) is 3.06. The van der Waals surface area contributed by atoms with Crippen molar-refractivity contribution in [3.63, 3.8) is 0 Å². The first-order chi connectivity index (χ1) is 10.8. The molecule has 1 heterocycles. The molecule has 0 aliphatic carbocycles. The Morgan fingerprint density at radius 2 is 1.68 bits per heavy atom. The molecule has 2 heteroatoms. The van der Waals surface area contributed by atoms with Gasteiger partial charge in [-0.2, -0.15) is 0 Å². The van der Waals surface area contributed by atoms with E-state index in [0.717, 1.165) is 35.0 Å². The van der Waals surface area contributed by atoms with Gasteiger partial charge in [0.2, 0.25) is 0 Å². The smallest absolute Gasteiger partial charge is 0.155 e. The van der Waals surface area contributed by atoms with Crippen molar-refractivity contribution in [2.24, 2.45) is 15.9 Å². The van der Waals surface area contributed by atoms with Crippen LogP contribution in [0.15, 0.2) is 64.6 Å². The van der Waals surface area contributed by atoms with E-state index in [2.05, 4.69) is 55.2 Å². The summed E-state index contributed by atoms with van der Waals surface area (Å²) in [4.78, 5) is 9.29. The van der Waals surface area contributed by atoms with Crippen LogP contribution in [0.4, 0.5) is 0 Å². The molecule has 1 unspecified atom stereocenters. The molecule has 1 aliphatic rings. The van der Waals surface area contributed by atoms with Gasteiger partial charge in [-0.05, 0) is 23.5 Å². The molecule has 0 fully saturated rings. The van der Waals surface area contributed by atoms with Crippen LogP contribution in [-0.2, 0) is 6.42 Å². The van der Waals surface area contributed by atoms with E-state index in [4.69, 9.17) is 4.99 Å². The van der Waals surface area contributed by atoms with Crippen molar-refractivity contribution in [3.05, 3.63) is 71.3 Å². The van der Waals surface area contributed by atoms with Crippen LogP contribution < -0.4 is 0 Å². The summed E-state index contributed by atoms with van der Waals surface area (Å²) < 4.78 is 0. The highest BCUT2D eigenvalue weighted by Crippen LogP contribution is 2.16. The van der Waals surface area contributed by atoms with Gasteiger partial charge in [0, 0.05) is 5.56 Å². The highest BCUT2D eigenvalue weighted by molar-refractivity contribution is 6.17. The molecule has 2 aromatic carbocycles. The third-order valence-electron chi connectivity index (χ3n) is 4.22. The number of benzene rings is 2. The van der Waals surface area contributed by atoms with E-state index >= 15 is 0 Å². The molecule has 1 aliphatic heterocycles. The minimum atomic E-state index is 0.675. The lowest BCUT2D eigenvalue weighted by molar-refractivity contribution is 0.560. The van der Waals surface area contributed by atoms with Gasteiger partial charge in [-0.15, -0.1) is 0 Å². The predicted molar refractivity (Wildman–Crippen MR) is 94.0 cm³/mol. The fourth-order valence-electron chi connectivity index (χ4n) is 2.63. The molecule has 22 heavy (non-hydrogen) atoms. The number of aliphatic imine (C=N–C) groups is 2. The lowest BCUT2D eigenvalue weighted by Crippen LogP contribution is -2.01. The SMILES string of the molecule is CCC(C)Cc1ccc(C2=NCC(c3ccccc3)=N2)cc1. The highest BCUT2D eigenvalue weighted by Gasteiger charge is 2.13. The quantitative estimate of drug-likeness (QED) is 0.773. The van der Waals surface area contributed by atoms with Gasteiger partial charge in [-0.3, -0.25) is 4.99 Å². The molecule has 0 radical (unpaired) electrons. The fourth-order valence-corrected chi connectivity index (χ4v) is 2.63.